The predicted octanol–water partition coefficient (Wildman–Crippen LogP) is 9.92. The summed E-state index contributed by atoms with van der Waals surface area (Å²) in [7, 11) is 0. The first-order valence-corrected chi connectivity index (χ1v) is 17.4. The summed E-state index contributed by atoms with van der Waals surface area (Å²) >= 11 is 3.14. The summed E-state index contributed by atoms with van der Waals surface area (Å²) in [6.45, 7) is 1.93. The minimum absolute atomic E-state index is 0.00752. The van der Waals surface area contributed by atoms with Crippen LogP contribution in [0.5, 0.6) is 0 Å². The molecule has 6 heterocycles. The van der Waals surface area contributed by atoms with E-state index in [0.29, 0.717) is 39.3 Å². The third-order valence-corrected chi connectivity index (χ3v) is 8.45. The molecule has 0 aliphatic carbocycles. The number of nitrogens with zero attached hydrogens (tertiary/aromatic N) is 10. The zero-order valence-electron chi connectivity index (χ0n) is 36.3. The van der Waals surface area contributed by atoms with Crippen molar-refractivity contribution in [2.24, 2.45) is 0 Å². The van der Waals surface area contributed by atoms with Crippen LogP contribution in [0.25, 0.3) is 45.3 Å². The molecule has 0 radical (unpaired) electrons. The SMILES string of the molecule is Fc1cnc(-c2cc(Br)ccc2F)c(F)c1.[2H]C([2H])([2H])C(C)(C)c1cnn2c(-c3ccc(F)c(-c4ncc(F)cc4F)c3)cnc2n1.[2H]C([2H])([2H])C(C)(C)c1cnn2ccnc2n1. The highest BCUT2D eigenvalue weighted by Gasteiger charge is 2.20. The molecule has 2 aromatic carbocycles. The Morgan fingerprint density at radius 1 is 0.596 bits per heavy atom. The molecule has 8 rings (SSSR count). The Balaban J connectivity index is 0.000000173. The largest absolute Gasteiger partial charge is 0.251 e. The maximum absolute atomic E-state index is 14.4. The van der Waals surface area contributed by atoms with Gasteiger partial charge in [0, 0.05) is 58.5 Å². The highest BCUT2D eigenvalue weighted by molar-refractivity contribution is 9.10. The van der Waals surface area contributed by atoms with E-state index >= 15 is 0 Å². The molecule has 0 aliphatic rings. The highest BCUT2D eigenvalue weighted by Crippen LogP contribution is 2.31. The molecule has 292 valence electrons. The number of benzene rings is 2. The van der Waals surface area contributed by atoms with E-state index in [0.717, 1.165) is 18.5 Å². The number of fused-ring (bicyclic) bond motifs is 2. The van der Waals surface area contributed by atoms with Gasteiger partial charge in [0.25, 0.3) is 11.6 Å². The van der Waals surface area contributed by atoms with Gasteiger partial charge < -0.3 is 0 Å². The molecule has 6 aromatic heterocycles. The van der Waals surface area contributed by atoms with Crippen LogP contribution in [0.3, 0.4) is 0 Å². The van der Waals surface area contributed by atoms with Gasteiger partial charge in [-0.15, -0.1) is 0 Å². The lowest BCUT2D eigenvalue weighted by molar-refractivity contribution is 0.561. The molecule has 0 atom stereocenters. The van der Waals surface area contributed by atoms with E-state index in [1.54, 1.807) is 40.1 Å². The van der Waals surface area contributed by atoms with E-state index in [2.05, 4.69) is 56.0 Å². The van der Waals surface area contributed by atoms with Crippen LogP contribution in [0.4, 0.5) is 26.3 Å². The molecule has 0 N–H and O–H groups in total. The zero-order valence-corrected chi connectivity index (χ0v) is 31.9. The van der Waals surface area contributed by atoms with Crippen molar-refractivity contribution in [1.29, 1.82) is 0 Å². The summed E-state index contributed by atoms with van der Waals surface area (Å²) in [5, 5.41) is 8.32. The first-order valence-electron chi connectivity index (χ1n) is 19.6. The van der Waals surface area contributed by atoms with Crippen LogP contribution in [-0.2, 0) is 10.8 Å². The van der Waals surface area contributed by atoms with Crippen LogP contribution >= 0.6 is 15.9 Å². The Labute approximate surface area is 339 Å². The molecule has 0 fully saturated rings. The number of rotatable bonds is 3. The summed E-state index contributed by atoms with van der Waals surface area (Å²) in [6.07, 6.45) is 9.14. The first kappa shape index (κ1) is 33.1. The van der Waals surface area contributed by atoms with Gasteiger partial charge in [0.05, 0.1) is 54.3 Å². The minimum Gasteiger partial charge on any atom is -0.250 e. The van der Waals surface area contributed by atoms with Crippen molar-refractivity contribution >= 4 is 27.5 Å². The Bertz CT molecular complexity index is 2960. The van der Waals surface area contributed by atoms with Gasteiger partial charge in [-0.05, 0) is 36.4 Å². The number of halogens is 7. The highest BCUT2D eigenvalue weighted by atomic mass is 79.9. The maximum Gasteiger partial charge on any atom is 0.251 e. The number of hydrogen-bond donors (Lipinski definition) is 0. The molecule has 8 aromatic rings. The molecular weight excluding hydrogens is 814 g/mol. The quantitative estimate of drug-likeness (QED) is 0.162. The monoisotopic (exact) mass is 852 g/mol. The first-order chi connectivity index (χ1) is 29.4. The van der Waals surface area contributed by atoms with Crippen molar-refractivity contribution in [1.82, 2.24) is 49.1 Å². The van der Waals surface area contributed by atoms with Crippen molar-refractivity contribution in [3.05, 3.63) is 143 Å². The lowest BCUT2D eigenvalue weighted by atomic mass is 9.93. The van der Waals surface area contributed by atoms with Crippen molar-refractivity contribution in [3.63, 3.8) is 0 Å². The average Bonchev–Trinajstić information content (AvgIpc) is 3.86. The molecule has 0 saturated heterocycles. The molecule has 0 spiro atoms. The Hall–Kier alpha value is -6.10. The Morgan fingerprint density at radius 2 is 1.16 bits per heavy atom. The lowest BCUT2D eigenvalue weighted by Gasteiger charge is -2.16. The number of aromatic nitrogens is 10. The van der Waals surface area contributed by atoms with Gasteiger partial charge in [0.2, 0.25) is 0 Å². The molecule has 0 amide bonds. The van der Waals surface area contributed by atoms with E-state index < -0.39 is 59.4 Å². The fourth-order valence-corrected chi connectivity index (χ4v) is 5.42. The van der Waals surface area contributed by atoms with Gasteiger partial charge in [0.15, 0.2) is 11.6 Å². The molecule has 0 unspecified atom stereocenters. The Morgan fingerprint density at radius 3 is 1.75 bits per heavy atom. The van der Waals surface area contributed by atoms with Crippen molar-refractivity contribution < 1.29 is 34.6 Å². The third kappa shape index (κ3) is 9.31. The fourth-order valence-electron chi connectivity index (χ4n) is 5.06. The number of pyridine rings is 2. The van der Waals surface area contributed by atoms with Gasteiger partial charge in [-0.2, -0.15) is 14.7 Å². The van der Waals surface area contributed by atoms with Crippen LogP contribution in [0, 0.1) is 34.9 Å². The van der Waals surface area contributed by atoms with Gasteiger partial charge in [-0.25, -0.2) is 50.8 Å². The van der Waals surface area contributed by atoms with Crippen LogP contribution < -0.4 is 0 Å². The van der Waals surface area contributed by atoms with E-state index in [4.69, 9.17) is 8.22 Å². The lowest BCUT2D eigenvalue weighted by Crippen LogP contribution is -2.15. The molecule has 57 heavy (non-hydrogen) atoms. The molecule has 10 nitrogen and oxygen atoms in total. The second-order valence-electron chi connectivity index (χ2n) is 13.3. The van der Waals surface area contributed by atoms with Crippen molar-refractivity contribution in [2.45, 2.75) is 52.2 Å². The van der Waals surface area contributed by atoms with Gasteiger partial charge in [-0.1, -0.05) is 57.3 Å². The molecular formula is C40H33BrF6N10. The molecule has 0 bridgehead atoms. The van der Waals surface area contributed by atoms with Gasteiger partial charge in [0.1, 0.15) is 34.7 Å². The average molecular weight is 854 g/mol. The van der Waals surface area contributed by atoms with E-state index in [1.165, 1.54) is 58.0 Å². The normalized spacial score (nSPS) is 13.6. The second-order valence-corrected chi connectivity index (χ2v) is 14.3. The standard InChI is InChI=1S/C20H16F3N5.C11H5BrF3N.C9H12N4/c1-20(2,3)17-10-26-28-16(9-25-19(28)27-17)11-4-5-14(22)13(6-11)18-15(23)7-12(21)8-24-18;12-6-1-2-9(14)8(3-6)11-10(15)4-7(13)5-16-11;1-9(2,3)7-6-11-13-5-4-10-8(13)12-7/h4-10H,1-3H3;1-5H;4-6H,1-3H3/i1D3;;1D3. The van der Waals surface area contributed by atoms with Crippen molar-refractivity contribution in [2.75, 3.05) is 0 Å². The summed E-state index contributed by atoms with van der Waals surface area (Å²) in [5.74, 6) is -4.33. The van der Waals surface area contributed by atoms with E-state index in [9.17, 15) is 26.3 Å². The minimum atomic E-state index is -2.30. The van der Waals surface area contributed by atoms with E-state index in [1.807, 2.05) is 0 Å². The van der Waals surface area contributed by atoms with Gasteiger partial charge in [-0.3, -0.25) is 9.97 Å². The van der Waals surface area contributed by atoms with Crippen LogP contribution in [0.1, 0.15) is 61.0 Å². The topological polar surface area (TPSA) is 112 Å². The molecule has 0 aliphatic heterocycles. The summed E-state index contributed by atoms with van der Waals surface area (Å²) in [4.78, 5) is 23.9. The Kier molecular flexibility index (Phi) is 9.38. The summed E-state index contributed by atoms with van der Waals surface area (Å²) in [5.41, 5.74) is -1.46. The molecule has 17 heteroatoms. The smallest absolute Gasteiger partial charge is 0.250 e. The number of imidazole rings is 2. The maximum atomic E-state index is 14.4. The summed E-state index contributed by atoms with van der Waals surface area (Å²) < 4.78 is 130. The van der Waals surface area contributed by atoms with Gasteiger partial charge >= 0.3 is 0 Å². The zero-order chi connectivity index (χ0) is 46.2. The summed E-state index contributed by atoms with van der Waals surface area (Å²) in [6, 6.07) is 9.29. The predicted molar refractivity (Wildman–Crippen MR) is 205 cm³/mol. The van der Waals surface area contributed by atoms with E-state index in [-0.39, 0.29) is 34.0 Å². The van der Waals surface area contributed by atoms with Crippen LogP contribution in [0.2, 0.25) is 0 Å². The second kappa shape index (κ2) is 16.2. The third-order valence-electron chi connectivity index (χ3n) is 7.96. The van der Waals surface area contributed by atoms with Crippen LogP contribution in [-0.4, -0.2) is 49.1 Å². The molecule has 0 saturated carbocycles. The van der Waals surface area contributed by atoms with Crippen LogP contribution in [0.15, 0.2) is 96.4 Å². The number of hydrogen-bond acceptors (Lipinski definition) is 8. The fraction of sp³-hybridized carbons (Fsp3) is 0.200. The van der Waals surface area contributed by atoms with Crippen molar-refractivity contribution in [3.8, 4) is 33.8 Å².